The quantitative estimate of drug-likeness (QED) is 0.652. The van der Waals surface area contributed by atoms with Crippen LogP contribution in [0.2, 0.25) is 0 Å². The predicted octanol–water partition coefficient (Wildman–Crippen LogP) is 1.84. The van der Waals surface area contributed by atoms with E-state index in [-0.39, 0.29) is 12.2 Å². The maximum Gasteiger partial charge on any atom is 0.232 e. The van der Waals surface area contributed by atoms with Crippen LogP contribution in [0.4, 0.5) is 4.39 Å². The van der Waals surface area contributed by atoms with E-state index in [4.69, 9.17) is 10.7 Å². The van der Waals surface area contributed by atoms with Gasteiger partial charge in [0.05, 0.1) is 5.75 Å². The summed E-state index contributed by atoms with van der Waals surface area (Å²) in [5.74, 6) is -0.245. The van der Waals surface area contributed by atoms with Gasteiger partial charge in [0, 0.05) is 10.7 Å². The standard InChI is InChI=1S/C6H10ClFO2S/c7-11(9,10)5-4-6(8)2-1-3-6/h1-5H2. The first-order chi connectivity index (χ1) is 4.91. The van der Waals surface area contributed by atoms with E-state index in [1.165, 1.54) is 0 Å². The van der Waals surface area contributed by atoms with Crippen molar-refractivity contribution in [3.05, 3.63) is 0 Å². The second kappa shape index (κ2) is 2.90. The highest BCUT2D eigenvalue weighted by atomic mass is 35.7. The van der Waals surface area contributed by atoms with Crippen LogP contribution < -0.4 is 0 Å². The second-order valence-electron chi connectivity index (χ2n) is 3.00. The molecule has 0 heterocycles. The van der Waals surface area contributed by atoms with Gasteiger partial charge < -0.3 is 0 Å². The van der Waals surface area contributed by atoms with Crippen molar-refractivity contribution >= 4 is 19.7 Å². The lowest BCUT2D eigenvalue weighted by Gasteiger charge is -2.33. The molecule has 0 N–H and O–H groups in total. The first-order valence-corrected chi connectivity index (χ1v) is 6.00. The molecule has 1 saturated carbocycles. The van der Waals surface area contributed by atoms with Crippen molar-refractivity contribution < 1.29 is 12.8 Å². The van der Waals surface area contributed by atoms with Crippen molar-refractivity contribution in [2.45, 2.75) is 31.4 Å². The molecule has 0 aliphatic heterocycles. The van der Waals surface area contributed by atoms with Crippen LogP contribution in [0.25, 0.3) is 0 Å². The highest BCUT2D eigenvalue weighted by Crippen LogP contribution is 2.39. The minimum atomic E-state index is -3.50. The summed E-state index contributed by atoms with van der Waals surface area (Å²) in [6, 6.07) is 0. The lowest BCUT2D eigenvalue weighted by Crippen LogP contribution is -2.33. The van der Waals surface area contributed by atoms with Gasteiger partial charge in [-0.3, -0.25) is 0 Å². The van der Waals surface area contributed by atoms with Crippen LogP contribution >= 0.6 is 10.7 Å². The summed E-state index contributed by atoms with van der Waals surface area (Å²) in [5.41, 5.74) is -1.23. The Kier molecular flexibility index (Phi) is 2.44. The van der Waals surface area contributed by atoms with Crippen LogP contribution in [0.1, 0.15) is 25.7 Å². The van der Waals surface area contributed by atoms with Gasteiger partial charge in [-0.15, -0.1) is 0 Å². The Hall–Kier alpha value is 0.170. The SMILES string of the molecule is O=S(=O)(Cl)CCC1(F)CCC1. The van der Waals surface area contributed by atoms with Crippen LogP contribution in [0, 0.1) is 0 Å². The number of alkyl halides is 1. The average molecular weight is 201 g/mol. The lowest BCUT2D eigenvalue weighted by atomic mass is 9.80. The van der Waals surface area contributed by atoms with Crippen LogP contribution in [0.5, 0.6) is 0 Å². The van der Waals surface area contributed by atoms with Gasteiger partial charge in [-0.2, -0.15) is 0 Å². The Labute approximate surface area is 70.2 Å². The fourth-order valence-electron chi connectivity index (χ4n) is 1.12. The van der Waals surface area contributed by atoms with Gasteiger partial charge in [-0.05, 0) is 25.7 Å². The number of halogens is 2. The molecule has 0 unspecified atom stereocenters. The first-order valence-electron chi connectivity index (χ1n) is 3.53. The van der Waals surface area contributed by atoms with Gasteiger partial charge in [-0.1, -0.05) is 0 Å². The summed E-state index contributed by atoms with van der Waals surface area (Å²) in [6.45, 7) is 0. The van der Waals surface area contributed by atoms with Gasteiger partial charge in [0.1, 0.15) is 5.67 Å². The van der Waals surface area contributed by atoms with E-state index in [0.29, 0.717) is 12.8 Å². The van der Waals surface area contributed by atoms with E-state index >= 15 is 0 Å². The van der Waals surface area contributed by atoms with Crippen LogP contribution in [-0.4, -0.2) is 19.8 Å². The van der Waals surface area contributed by atoms with E-state index in [0.717, 1.165) is 6.42 Å². The third-order valence-corrected chi connectivity index (χ3v) is 3.20. The molecule has 0 bridgehead atoms. The average Bonchev–Trinajstić information content (AvgIpc) is 1.77. The van der Waals surface area contributed by atoms with Gasteiger partial charge in [0.25, 0.3) is 0 Å². The Morgan fingerprint density at radius 2 is 2.00 bits per heavy atom. The largest absolute Gasteiger partial charge is 0.244 e. The van der Waals surface area contributed by atoms with Crippen molar-refractivity contribution in [3.63, 3.8) is 0 Å². The smallest absolute Gasteiger partial charge is 0.232 e. The molecule has 1 aliphatic carbocycles. The molecular formula is C6H10ClFO2S. The van der Waals surface area contributed by atoms with Crippen molar-refractivity contribution in [2.24, 2.45) is 0 Å². The molecule has 0 radical (unpaired) electrons. The van der Waals surface area contributed by atoms with Gasteiger partial charge in [-0.25, -0.2) is 12.8 Å². The van der Waals surface area contributed by atoms with Crippen molar-refractivity contribution in [3.8, 4) is 0 Å². The Bertz CT molecular complexity index is 233. The van der Waals surface area contributed by atoms with E-state index in [1.807, 2.05) is 0 Å². The molecule has 1 fully saturated rings. The topological polar surface area (TPSA) is 34.1 Å². The predicted molar refractivity (Wildman–Crippen MR) is 41.9 cm³/mol. The van der Waals surface area contributed by atoms with E-state index in [1.54, 1.807) is 0 Å². The zero-order valence-electron chi connectivity index (χ0n) is 6.02. The number of rotatable bonds is 3. The summed E-state index contributed by atoms with van der Waals surface area (Å²) >= 11 is 0. The lowest BCUT2D eigenvalue weighted by molar-refractivity contribution is 0.0604. The minimum absolute atomic E-state index is 0.0544. The molecule has 0 atom stereocenters. The highest BCUT2D eigenvalue weighted by Gasteiger charge is 2.37. The molecule has 0 saturated heterocycles. The molecule has 66 valence electrons. The molecule has 0 aromatic carbocycles. The molecule has 0 amide bonds. The summed E-state index contributed by atoms with van der Waals surface area (Å²) in [4.78, 5) is 0. The van der Waals surface area contributed by atoms with Gasteiger partial charge >= 0.3 is 0 Å². The molecular weight excluding hydrogens is 191 g/mol. The number of hydrogen-bond donors (Lipinski definition) is 0. The third kappa shape index (κ3) is 2.95. The summed E-state index contributed by atoms with van der Waals surface area (Å²) < 4.78 is 33.9. The molecule has 1 aliphatic rings. The highest BCUT2D eigenvalue weighted by molar-refractivity contribution is 8.13. The van der Waals surface area contributed by atoms with E-state index in [9.17, 15) is 12.8 Å². The van der Waals surface area contributed by atoms with Gasteiger partial charge in [0.15, 0.2) is 0 Å². The maximum atomic E-state index is 13.1. The van der Waals surface area contributed by atoms with Crippen molar-refractivity contribution in [1.82, 2.24) is 0 Å². The fraction of sp³-hybridized carbons (Fsp3) is 1.00. The molecule has 0 aromatic heterocycles. The molecule has 5 heteroatoms. The first kappa shape index (κ1) is 9.26. The summed E-state index contributed by atoms with van der Waals surface area (Å²) in [7, 11) is 1.42. The van der Waals surface area contributed by atoms with Crippen molar-refractivity contribution in [2.75, 3.05) is 5.75 Å². The molecule has 0 aromatic rings. The van der Waals surface area contributed by atoms with Gasteiger partial charge in [0.2, 0.25) is 9.05 Å². The maximum absolute atomic E-state index is 13.1. The normalized spacial score (nSPS) is 22.7. The molecule has 11 heavy (non-hydrogen) atoms. The number of hydrogen-bond acceptors (Lipinski definition) is 2. The Morgan fingerprint density at radius 3 is 2.27 bits per heavy atom. The monoisotopic (exact) mass is 200 g/mol. The summed E-state index contributed by atoms with van der Waals surface area (Å²) in [5, 5.41) is 0. The second-order valence-corrected chi connectivity index (χ2v) is 5.89. The van der Waals surface area contributed by atoms with Crippen molar-refractivity contribution in [1.29, 1.82) is 0 Å². The Balaban J connectivity index is 2.33. The zero-order chi connectivity index (χ0) is 8.54. The molecule has 0 spiro atoms. The van der Waals surface area contributed by atoms with Crippen LogP contribution in [0.3, 0.4) is 0 Å². The fourth-order valence-corrected chi connectivity index (χ4v) is 1.96. The zero-order valence-corrected chi connectivity index (χ0v) is 7.59. The Morgan fingerprint density at radius 1 is 1.45 bits per heavy atom. The summed E-state index contributed by atoms with van der Waals surface area (Å²) in [6.07, 6.45) is 1.89. The van der Waals surface area contributed by atoms with E-state index < -0.39 is 14.7 Å². The van der Waals surface area contributed by atoms with Crippen LogP contribution in [-0.2, 0) is 9.05 Å². The molecule has 1 rings (SSSR count). The van der Waals surface area contributed by atoms with Crippen LogP contribution in [0.15, 0.2) is 0 Å². The minimum Gasteiger partial charge on any atom is -0.244 e. The molecule has 2 nitrogen and oxygen atoms in total. The van der Waals surface area contributed by atoms with E-state index in [2.05, 4.69) is 0 Å². The third-order valence-electron chi connectivity index (χ3n) is 2.04.